The third kappa shape index (κ3) is 11.2. The van der Waals surface area contributed by atoms with Gasteiger partial charge in [-0.2, -0.15) is 8.42 Å². The van der Waals surface area contributed by atoms with Gasteiger partial charge in [0.1, 0.15) is 0 Å². The SMILES string of the molecule is NS(=O)(=O)OCC(=O)O.[H-].[Na+]. The van der Waals surface area contributed by atoms with Gasteiger partial charge >= 0.3 is 45.8 Å². The molecule has 0 aliphatic carbocycles. The first kappa shape index (κ1) is 13.0. The van der Waals surface area contributed by atoms with Crippen LogP contribution in [0.4, 0.5) is 0 Å². The Kier molecular flexibility index (Phi) is 6.55. The van der Waals surface area contributed by atoms with Crippen molar-refractivity contribution < 1.29 is 53.5 Å². The largest absolute Gasteiger partial charge is 1.00 e. The molecule has 0 unspecified atom stereocenters. The van der Waals surface area contributed by atoms with E-state index in [1.54, 1.807) is 0 Å². The van der Waals surface area contributed by atoms with Gasteiger partial charge in [-0.3, -0.25) is 0 Å². The number of carboxylic acid groups (broad SMARTS) is 1. The molecule has 0 aliphatic heterocycles. The molecular formula is C2H6NNaO5S. The summed E-state index contributed by atoms with van der Waals surface area (Å²) in [6, 6.07) is 0. The standard InChI is InChI=1S/C2H5NO5S.Na.H/c3-9(6,7)8-1-2(4)5;;/h1H2,(H,4,5)(H2,3,6,7);;/q;+1;-1. The molecule has 0 aliphatic rings. The van der Waals surface area contributed by atoms with Crippen molar-refractivity contribution in [3.05, 3.63) is 0 Å². The van der Waals surface area contributed by atoms with Gasteiger partial charge in [0, 0.05) is 0 Å². The molecular weight excluding hydrogens is 173 g/mol. The zero-order valence-corrected chi connectivity index (χ0v) is 8.09. The quantitative estimate of drug-likeness (QED) is 0.424. The Hall–Kier alpha value is 0.340. The summed E-state index contributed by atoms with van der Waals surface area (Å²) in [4.78, 5) is 9.60. The number of carboxylic acids is 1. The van der Waals surface area contributed by atoms with Gasteiger partial charge in [0.2, 0.25) is 0 Å². The third-order valence-electron chi connectivity index (χ3n) is 0.347. The summed E-state index contributed by atoms with van der Waals surface area (Å²) in [7, 11) is -4.10. The molecule has 0 saturated carbocycles. The van der Waals surface area contributed by atoms with Crippen molar-refractivity contribution in [2.24, 2.45) is 5.14 Å². The van der Waals surface area contributed by atoms with Crippen LogP contribution in [0.2, 0.25) is 0 Å². The molecule has 10 heavy (non-hydrogen) atoms. The molecule has 0 spiro atoms. The van der Waals surface area contributed by atoms with E-state index in [-0.39, 0.29) is 31.0 Å². The van der Waals surface area contributed by atoms with Gasteiger partial charge in [0.15, 0.2) is 6.61 Å². The summed E-state index contributed by atoms with van der Waals surface area (Å²) in [6.07, 6.45) is 0. The molecule has 0 aromatic rings. The maximum absolute atomic E-state index is 9.83. The fourth-order valence-electron chi connectivity index (χ4n) is 0.133. The molecule has 0 fully saturated rings. The summed E-state index contributed by atoms with van der Waals surface area (Å²) in [5, 5.41) is 12.1. The molecule has 56 valence electrons. The molecule has 0 bridgehead atoms. The fraction of sp³-hybridized carbons (Fsp3) is 0.500. The second-order valence-corrected chi connectivity index (χ2v) is 2.37. The Labute approximate surface area is 81.4 Å². The van der Waals surface area contributed by atoms with Crippen molar-refractivity contribution in [2.45, 2.75) is 0 Å². The van der Waals surface area contributed by atoms with Crippen molar-refractivity contribution >= 4 is 16.3 Å². The van der Waals surface area contributed by atoms with Gasteiger partial charge in [-0.25, -0.2) is 14.1 Å². The van der Waals surface area contributed by atoms with Gasteiger partial charge in [0.05, 0.1) is 0 Å². The van der Waals surface area contributed by atoms with Crippen LogP contribution in [0.1, 0.15) is 1.43 Å². The van der Waals surface area contributed by atoms with Crippen LogP contribution in [0.5, 0.6) is 0 Å². The second-order valence-electron chi connectivity index (χ2n) is 1.15. The molecule has 0 atom stereocenters. The normalized spacial score (nSPS) is 10.1. The van der Waals surface area contributed by atoms with E-state index in [0.29, 0.717) is 0 Å². The predicted molar refractivity (Wildman–Crippen MR) is 27.8 cm³/mol. The maximum Gasteiger partial charge on any atom is 1.00 e. The van der Waals surface area contributed by atoms with E-state index >= 15 is 0 Å². The summed E-state index contributed by atoms with van der Waals surface area (Å²) in [5.41, 5.74) is 0. The predicted octanol–water partition coefficient (Wildman–Crippen LogP) is -4.59. The first-order chi connectivity index (χ1) is 3.92. The zero-order valence-electron chi connectivity index (χ0n) is 6.27. The van der Waals surface area contributed by atoms with Crippen LogP contribution in [-0.4, -0.2) is 26.1 Å². The van der Waals surface area contributed by atoms with Crippen LogP contribution >= 0.6 is 0 Å². The Morgan fingerprint density at radius 3 is 2.20 bits per heavy atom. The number of aliphatic carboxylic acids is 1. The summed E-state index contributed by atoms with van der Waals surface area (Å²) >= 11 is 0. The zero-order chi connectivity index (χ0) is 7.49. The Bertz CT molecular complexity index is 203. The van der Waals surface area contributed by atoms with E-state index in [4.69, 9.17) is 5.11 Å². The molecule has 6 nitrogen and oxygen atoms in total. The molecule has 8 heteroatoms. The molecule has 0 radical (unpaired) electrons. The van der Waals surface area contributed by atoms with Gasteiger partial charge in [0.25, 0.3) is 0 Å². The van der Waals surface area contributed by atoms with Crippen molar-refractivity contribution in [1.82, 2.24) is 0 Å². The number of carbonyl (C=O) groups is 1. The van der Waals surface area contributed by atoms with E-state index in [9.17, 15) is 13.2 Å². The van der Waals surface area contributed by atoms with E-state index in [1.165, 1.54) is 0 Å². The minimum absolute atomic E-state index is 0. The minimum atomic E-state index is -4.10. The second kappa shape index (κ2) is 5.05. The van der Waals surface area contributed by atoms with Crippen LogP contribution in [0.25, 0.3) is 0 Å². The van der Waals surface area contributed by atoms with Crippen LogP contribution in [0.15, 0.2) is 0 Å². The molecule has 0 aromatic carbocycles. The Balaban J connectivity index is -0.000000320. The van der Waals surface area contributed by atoms with Gasteiger partial charge in [-0.1, -0.05) is 0 Å². The monoisotopic (exact) mass is 179 g/mol. The summed E-state index contributed by atoms with van der Waals surface area (Å²) in [5.74, 6) is -1.39. The number of rotatable bonds is 3. The number of nitrogens with two attached hydrogens (primary N) is 1. The smallest absolute Gasteiger partial charge is 1.00 e. The topological polar surface area (TPSA) is 107 Å². The van der Waals surface area contributed by atoms with Crippen molar-refractivity contribution in [3.63, 3.8) is 0 Å². The first-order valence-electron chi connectivity index (χ1n) is 1.81. The maximum atomic E-state index is 9.83. The molecule has 0 aromatic heterocycles. The van der Waals surface area contributed by atoms with Gasteiger partial charge in [-0.05, 0) is 0 Å². The van der Waals surface area contributed by atoms with E-state index in [1.807, 2.05) is 0 Å². The Morgan fingerprint density at radius 2 is 2.10 bits per heavy atom. The number of hydrogen-bond donors (Lipinski definition) is 2. The van der Waals surface area contributed by atoms with E-state index in [0.717, 1.165) is 0 Å². The fourth-order valence-corrected chi connectivity index (χ4v) is 0.398. The van der Waals surface area contributed by atoms with Crippen LogP contribution in [-0.2, 0) is 19.3 Å². The summed E-state index contributed by atoms with van der Waals surface area (Å²) < 4.78 is 23.3. The number of hydrogen-bond acceptors (Lipinski definition) is 4. The first-order valence-corrected chi connectivity index (χ1v) is 3.28. The van der Waals surface area contributed by atoms with Gasteiger partial charge in [-0.15, -0.1) is 0 Å². The van der Waals surface area contributed by atoms with Crippen LogP contribution in [0.3, 0.4) is 0 Å². The average molecular weight is 179 g/mol. The Morgan fingerprint density at radius 1 is 1.70 bits per heavy atom. The van der Waals surface area contributed by atoms with Gasteiger partial charge < -0.3 is 6.53 Å². The van der Waals surface area contributed by atoms with E-state index in [2.05, 4.69) is 9.32 Å². The van der Waals surface area contributed by atoms with Crippen molar-refractivity contribution in [1.29, 1.82) is 0 Å². The third-order valence-corrected chi connectivity index (χ3v) is 0.793. The molecule has 0 rings (SSSR count). The van der Waals surface area contributed by atoms with E-state index < -0.39 is 22.9 Å². The van der Waals surface area contributed by atoms with Crippen LogP contribution < -0.4 is 34.7 Å². The molecule has 0 amide bonds. The molecule has 0 saturated heterocycles. The summed E-state index contributed by atoms with van der Waals surface area (Å²) in [6.45, 7) is -0.932. The average Bonchev–Trinajstić information content (AvgIpc) is 1.59. The molecule has 3 N–H and O–H groups in total. The minimum Gasteiger partial charge on any atom is -1.00 e. The molecule has 0 heterocycles. The van der Waals surface area contributed by atoms with Crippen molar-refractivity contribution in [2.75, 3.05) is 6.61 Å². The van der Waals surface area contributed by atoms with Crippen LogP contribution in [0, 0.1) is 0 Å². The van der Waals surface area contributed by atoms with Crippen molar-refractivity contribution in [3.8, 4) is 0 Å².